The van der Waals surface area contributed by atoms with Crippen molar-refractivity contribution in [3.05, 3.63) is 24.3 Å². The predicted octanol–water partition coefficient (Wildman–Crippen LogP) is 2.27. The molecular formula is C15H22N2O2S2. The first-order chi connectivity index (χ1) is 10.1. The largest absolute Gasteiger partial charge is 0.300 e. The molecule has 0 spiro atoms. The summed E-state index contributed by atoms with van der Waals surface area (Å²) < 4.78 is 27.8. The van der Waals surface area contributed by atoms with Crippen LogP contribution < -0.4 is 0 Å². The van der Waals surface area contributed by atoms with Crippen molar-refractivity contribution in [3.63, 3.8) is 0 Å². The maximum atomic E-state index is 13.0. The smallest absolute Gasteiger partial charge is 0.243 e. The Morgan fingerprint density at radius 1 is 1.24 bits per heavy atom. The molecule has 0 amide bonds. The van der Waals surface area contributed by atoms with E-state index < -0.39 is 10.0 Å². The standard InChI is InChI=1S/C15H22N2O2S2/c1-3-16-10-12-7-8-13(11-16)17(12)21(18,19)15-6-4-5-14(9-15)20-2/h4-6,9,12-13H,3,7-8,10-11H2,1-2H3. The van der Waals surface area contributed by atoms with Crippen molar-refractivity contribution in [1.29, 1.82) is 0 Å². The van der Waals surface area contributed by atoms with Crippen molar-refractivity contribution in [2.45, 2.75) is 41.6 Å². The molecule has 3 rings (SSSR count). The van der Waals surface area contributed by atoms with Crippen LogP contribution in [0.4, 0.5) is 0 Å². The van der Waals surface area contributed by atoms with E-state index in [2.05, 4.69) is 11.8 Å². The SMILES string of the molecule is CCN1CC2CCC(C1)N2S(=O)(=O)c1cccc(SC)c1. The summed E-state index contributed by atoms with van der Waals surface area (Å²) in [6, 6.07) is 7.60. The van der Waals surface area contributed by atoms with E-state index in [0.29, 0.717) is 4.90 Å². The Balaban J connectivity index is 1.92. The average Bonchev–Trinajstić information content (AvgIpc) is 2.79. The van der Waals surface area contributed by atoms with Crippen LogP contribution in [-0.2, 0) is 10.0 Å². The van der Waals surface area contributed by atoms with Crippen molar-refractivity contribution < 1.29 is 8.42 Å². The average molecular weight is 326 g/mol. The molecule has 2 aliphatic rings. The lowest BCUT2D eigenvalue weighted by Crippen LogP contribution is -2.55. The molecule has 4 nitrogen and oxygen atoms in total. The molecule has 0 aliphatic carbocycles. The van der Waals surface area contributed by atoms with Gasteiger partial charge in [-0.25, -0.2) is 8.42 Å². The van der Waals surface area contributed by atoms with E-state index in [9.17, 15) is 8.42 Å². The summed E-state index contributed by atoms with van der Waals surface area (Å²) in [6.45, 7) is 4.89. The molecule has 2 unspecified atom stereocenters. The van der Waals surface area contributed by atoms with Gasteiger partial charge in [-0.05, 0) is 43.8 Å². The third kappa shape index (κ3) is 2.74. The molecule has 0 N–H and O–H groups in total. The van der Waals surface area contributed by atoms with Gasteiger partial charge in [0.2, 0.25) is 10.0 Å². The van der Waals surface area contributed by atoms with Gasteiger partial charge in [-0.15, -0.1) is 11.8 Å². The monoisotopic (exact) mass is 326 g/mol. The molecule has 2 atom stereocenters. The van der Waals surface area contributed by atoms with Gasteiger partial charge in [-0.3, -0.25) is 0 Å². The van der Waals surface area contributed by atoms with Crippen LogP contribution in [0.25, 0.3) is 0 Å². The number of likely N-dealkylation sites (tertiary alicyclic amines) is 1. The summed E-state index contributed by atoms with van der Waals surface area (Å²) in [4.78, 5) is 3.80. The highest BCUT2D eigenvalue weighted by atomic mass is 32.2. The van der Waals surface area contributed by atoms with Crippen LogP contribution in [-0.4, -0.2) is 55.6 Å². The van der Waals surface area contributed by atoms with Gasteiger partial charge in [0.15, 0.2) is 0 Å². The summed E-state index contributed by atoms with van der Waals surface area (Å²) in [7, 11) is -3.37. The summed E-state index contributed by atoms with van der Waals surface area (Å²) in [5.41, 5.74) is 0. The molecular weight excluding hydrogens is 304 g/mol. The second-order valence-electron chi connectivity index (χ2n) is 5.75. The minimum absolute atomic E-state index is 0.145. The third-order valence-electron chi connectivity index (χ3n) is 4.55. The molecule has 2 saturated heterocycles. The summed E-state index contributed by atoms with van der Waals surface area (Å²) in [6.07, 6.45) is 3.95. The molecule has 2 heterocycles. The van der Waals surface area contributed by atoms with Gasteiger partial charge >= 0.3 is 0 Å². The van der Waals surface area contributed by atoms with E-state index in [1.54, 1.807) is 28.2 Å². The number of thioether (sulfide) groups is 1. The molecule has 116 valence electrons. The Bertz CT molecular complexity index is 604. The number of benzene rings is 1. The summed E-state index contributed by atoms with van der Waals surface area (Å²) in [5.74, 6) is 0. The Hall–Kier alpha value is -0.560. The second kappa shape index (κ2) is 5.91. The van der Waals surface area contributed by atoms with E-state index in [4.69, 9.17) is 0 Å². The number of nitrogens with zero attached hydrogens (tertiary/aromatic N) is 2. The van der Waals surface area contributed by atoms with Crippen molar-refractivity contribution in [2.24, 2.45) is 0 Å². The lowest BCUT2D eigenvalue weighted by molar-refractivity contribution is 0.135. The predicted molar refractivity (Wildman–Crippen MR) is 86.2 cm³/mol. The molecule has 2 bridgehead atoms. The maximum absolute atomic E-state index is 13.0. The van der Waals surface area contributed by atoms with Gasteiger partial charge in [0.25, 0.3) is 0 Å². The van der Waals surface area contributed by atoms with Crippen molar-refractivity contribution in [1.82, 2.24) is 9.21 Å². The van der Waals surface area contributed by atoms with Crippen LogP contribution in [0.2, 0.25) is 0 Å². The number of sulfonamides is 1. The number of rotatable bonds is 4. The zero-order valence-electron chi connectivity index (χ0n) is 12.5. The summed E-state index contributed by atoms with van der Waals surface area (Å²) in [5, 5.41) is 0. The lowest BCUT2D eigenvalue weighted by atomic mass is 10.2. The van der Waals surface area contributed by atoms with Gasteiger partial charge in [-0.2, -0.15) is 4.31 Å². The fourth-order valence-electron chi connectivity index (χ4n) is 3.49. The van der Waals surface area contributed by atoms with Crippen molar-refractivity contribution >= 4 is 21.8 Å². The van der Waals surface area contributed by atoms with Gasteiger partial charge < -0.3 is 4.90 Å². The van der Waals surface area contributed by atoms with E-state index in [0.717, 1.165) is 37.4 Å². The van der Waals surface area contributed by atoms with E-state index in [-0.39, 0.29) is 12.1 Å². The van der Waals surface area contributed by atoms with Crippen molar-refractivity contribution in [3.8, 4) is 0 Å². The highest BCUT2D eigenvalue weighted by molar-refractivity contribution is 7.98. The van der Waals surface area contributed by atoms with E-state index >= 15 is 0 Å². The Kier molecular flexibility index (Phi) is 4.32. The molecule has 1 aromatic carbocycles. The minimum Gasteiger partial charge on any atom is -0.300 e. The van der Waals surface area contributed by atoms with E-state index in [1.165, 1.54) is 0 Å². The Morgan fingerprint density at radius 3 is 2.48 bits per heavy atom. The fourth-order valence-corrected chi connectivity index (χ4v) is 5.92. The zero-order chi connectivity index (χ0) is 15.0. The molecule has 6 heteroatoms. The van der Waals surface area contributed by atoms with Gasteiger partial charge in [-0.1, -0.05) is 13.0 Å². The highest BCUT2D eigenvalue weighted by Crippen LogP contribution is 2.35. The van der Waals surface area contributed by atoms with Crippen LogP contribution in [0.15, 0.2) is 34.1 Å². The molecule has 0 saturated carbocycles. The topological polar surface area (TPSA) is 40.6 Å². The normalized spacial score (nSPS) is 27.1. The highest BCUT2D eigenvalue weighted by Gasteiger charge is 2.46. The number of piperazine rings is 1. The number of fused-ring (bicyclic) bond motifs is 2. The molecule has 2 aliphatic heterocycles. The van der Waals surface area contributed by atoms with Crippen LogP contribution in [0.3, 0.4) is 0 Å². The summed E-state index contributed by atoms with van der Waals surface area (Å²) >= 11 is 1.58. The number of hydrogen-bond donors (Lipinski definition) is 0. The molecule has 1 aromatic rings. The van der Waals surface area contributed by atoms with Gasteiger partial charge in [0, 0.05) is 30.1 Å². The van der Waals surface area contributed by atoms with Crippen LogP contribution in [0.5, 0.6) is 0 Å². The quantitative estimate of drug-likeness (QED) is 0.796. The van der Waals surface area contributed by atoms with Gasteiger partial charge in [0.1, 0.15) is 0 Å². The first kappa shape index (κ1) is 15.3. The zero-order valence-corrected chi connectivity index (χ0v) is 14.2. The second-order valence-corrected chi connectivity index (χ2v) is 8.47. The minimum atomic E-state index is -3.37. The van der Waals surface area contributed by atoms with Crippen LogP contribution in [0, 0.1) is 0 Å². The van der Waals surface area contributed by atoms with Crippen molar-refractivity contribution in [2.75, 3.05) is 25.9 Å². The van der Waals surface area contributed by atoms with E-state index in [1.807, 2.05) is 18.4 Å². The molecule has 21 heavy (non-hydrogen) atoms. The van der Waals surface area contributed by atoms with Gasteiger partial charge in [0.05, 0.1) is 4.90 Å². The first-order valence-electron chi connectivity index (χ1n) is 7.46. The molecule has 0 radical (unpaired) electrons. The van der Waals surface area contributed by atoms with Crippen LogP contribution in [0.1, 0.15) is 19.8 Å². The Labute approximate surface area is 131 Å². The fraction of sp³-hybridized carbons (Fsp3) is 0.600. The van der Waals surface area contributed by atoms with Crippen LogP contribution >= 0.6 is 11.8 Å². The number of hydrogen-bond acceptors (Lipinski definition) is 4. The molecule has 0 aromatic heterocycles. The maximum Gasteiger partial charge on any atom is 0.243 e. The third-order valence-corrected chi connectivity index (χ3v) is 7.28. The molecule has 2 fully saturated rings. The Morgan fingerprint density at radius 2 is 1.90 bits per heavy atom. The first-order valence-corrected chi connectivity index (χ1v) is 10.1. The number of likely N-dealkylation sites (N-methyl/N-ethyl adjacent to an activating group) is 1. The lowest BCUT2D eigenvalue weighted by Gasteiger charge is -2.39.